The van der Waals surface area contributed by atoms with E-state index in [0.29, 0.717) is 5.92 Å². The second kappa shape index (κ2) is 5.10. The Bertz CT molecular complexity index is 163. The van der Waals surface area contributed by atoms with Crippen LogP contribution in [0.25, 0.3) is 0 Å². The van der Waals surface area contributed by atoms with Gasteiger partial charge in [-0.2, -0.15) is 0 Å². The lowest BCUT2D eigenvalue weighted by Crippen LogP contribution is -2.48. The first-order chi connectivity index (χ1) is 6.58. The van der Waals surface area contributed by atoms with Crippen molar-refractivity contribution in [3.05, 3.63) is 0 Å². The Morgan fingerprint density at radius 1 is 1.36 bits per heavy atom. The third kappa shape index (κ3) is 2.94. The summed E-state index contributed by atoms with van der Waals surface area (Å²) in [6, 6.07) is 0. The van der Waals surface area contributed by atoms with Crippen molar-refractivity contribution < 1.29 is 9.84 Å². The molecule has 1 rings (SSSR count). The first-order valence-corrected chi connectivity index (χ1v) is 5.52. The zero-order valence-electron chi connectivity index (χ0n) is 9.62. The molecule has 0 spiro atoms. The Hall–Kier alpha value is -0.120. The molecular formula is C11H23NO2. The van der Waals surface area contributed by atoms with E-state index in [0.717, 1.165) is 39.1 Å². The predicted octanol–water partition coefficient (Wildman–Crippen LogP) is 1.12. The van der Waals surface area contributed by atoms with Gasteiger partial charge in [0.15, 0.2) is 0 Å². The highest BCUT2D eigenvalue weighted by atomic mass is 16.5. The summed E-state index contributed by atoms with van der Waals surface area (Å²) in [6.07, 6.45) is 1.79. The van der Waals surface area contributed by atoms with Crippen LogP contribution >= 0.6 is 0 Å². The average molecular weight is 201 g/mol. The number of methoxy groups -OCH3 is 1. The molecule has 0 aromatic carbocycles. The normalized spacial score (nSPS) is 22.9. The summed E-state index contributed by atoms with van der Waals surface area (Å²) in [4.78, 5) is 2.36. The first kappa shape index (κ1) is 12.0. The standard InChI is InChI=1S/C11H23NO2/c1-10(2)11(13)4-6-12(7-5-11)8-9-14-3/h10,13H,4-9H2,1-3H3. The van der Waals surface area contributed by atoms with E-state index in [-0.39, 0.29) is 0 Å². The minimum absolute atomic E-state index is 0.368. The van der Waals surface area contributed by atoms with Crippen molar-refractivity contribution in [1.82, 2.24) is 4.90 Å². The smallest absolute Gasteiger partial charge is 0.0694 e. The fraction of sp³-hybridized carbons (Fsp3) is 1.00. The van der Waals surface area contributed by atoms with Crippen LogP contribution in [0.2, 0.25) is 0 Å². The maximum Gasteiger partial charge on any atom is 0.0694 e. The Kier molecular flexibility index (Phi) is 4.35. The maximum absolute atomic E-state index is 10.2. The minimum atomic E-state index is -0.427. The van der Waals surface area contributed by atoms with E-state index >= 15 is 0 Å². The topological polar surface area (TPSA) is 32.7 Å². The van der Waals surface area contributed by atoms with Crippen LogP contribution in [-0.2, 0) is 4.74 Å². The van der Waals surface area contributed by atoms with Crippen LogP contribution < -0.4 is 0 Å². The number of hydrogen-bond donors (Lipinski definition) is 1. The average Bonchev–Trinajstić information content (AvgIpc) is 2.17. The minimum Gasteiger partial charge on any atom is -0.390 e. The molecule has 0 aromatic rings. The third-order valence-electron chi connectivity index (χ3n) is 3.41. The number of nitrogens with zero attached hydrogens (tertiary/aromatic N) is 1. The lowest BCUT2D eigenvalue weighted by Gasteiger charge is -2.40. The molecule has 1 heterocycles. The lowest BCUT2D eigenvalue weighted by atomic mass is 9.81. The summed E-state index contributed by atoms with van der Waals surface area (Å²) in [5.74, 6) is 0.368. The summed E-state index contributed by atoms with van der Waals surface area (Å²) in [6.45, 7) is 7.98. The van der Waals surface area contributed by atoms with Gasteiger partial charge in [-0.1, -0.05) is 13.8 Å². The van der Waals surface area contributed by atoms with E-state index in [2.05, 4.69) is 18.7 Å². The molecule has 1 N–H and O–H groups in total. The molecular weight excluding hydrogens is 178 g/mol. The van der Waals surface area contributed by atoms with Gasteiger partial charge in [0, 0.05) is 26.7 Å². The summed E-state index contributed by atoms with van der Waals surface area (Å²) >= 11 is 0. The first-order valence-electron chi connectivity index (χ1n) is 5.52. The molecule has 0 unspecified atom stereocenters. The molecule has 0 saturated carbocycles. The monoisotopic (exact) mass is 201 g/mol. The van der Waals surface area contributed by atoms with Gasteiger partial charge in [0.25, 0.3) is 0 Å². The molecule has 0 amide bonds. The Morgan fingerprint density at radius 2 is 1.93 bits per heavy atom. The van der Waals surface area contributed by atoms with E-state index in [1.807, 2.05) is 0 Å². The molecule has 3 nitrogen and oxygen atoms in total. The highest BCUT2D eigenvalue weighted by Crippen LogP contribution is 2.29. The molecule has 0 bridgehead atoms. The fourth-order valence-electron chi connectivity index (χ4n) is 1.96. The van der Waals surface area contributed by atoms with Gasteiger partial charge in [-0.05, 0) is 18.8 Å². The lowest BCUT2D eigenvalue weighted by molar-refractivity contribution is -0.0587. The van der Waals surface area contributed by atoms with E-state index in [4.69, 9.17) is 4.74 Å². The van der Waals surface area contributed by atoms with Crippen LogP contribution in [0.15, 0.2) is 0 Å². The Labute approximate surface area is 87.1 Å². The van der Waals surface area contributed by atoms with Gasteiger partial charge >= 0.3 is 0 Å². The van der Waals surface area contributed by atoms with Crippen LogP contribution in [0.1, 0.15) is 26.7 Å². The van der Waals surface area contributed by atoms with Gasteiger partial charge in [0.05, 0.1) is 12.2 Å². The van der Waals surface area contributed by atoms with E-state index in [1.54, 1.807) is 7.11 Å². The number of likely N-dealkylation sites (tertiary alicyclic amines) is 1. The van der Waals surface area contributed by atoms with Crippen LogP contribution in [-0.4, -0.2) is 49.0 Å². The van der Waals surface area contributed by atoms with Crippen molar-refractivity contribution in [3.63, 3.8) is 0 Å². The number of hydrogen-bond acceptors (Lipinski definition) is 3. The van der Waals surface area contributed by atoms with E-state index in [1.165, 1.54) is 0 Å². The molecule has 0 aliphatic carbocycles. The predicted molar refractivity (Wildman–Crippen MR) is 57.3 cm³/mol. The fourth-order valence-corrected chi connectivity index (χ4v) is 1.96. The summed E-state index contributed by atoms with van der Waals surface area (Å²) in [5.41, 5.74) is -0.427. The Balaban J connectivity index is 2.30. The van der Waals surface area contributed by atoms with Crippen molar-refractivity contribution >= 4 is 0 Å². The second-order valence-electron chi connectivity index (χ2n) is 4.59. The molecule has 14 heavy (non-hydrogen) atoms. The quantitative estimate of drug-likeness (QED) is 0.739. The van der Waals surface area contributed by atoms with Crippen LogP contribution in [0, 0.1) is 5.92 Å². The second-order valence-corrected chi connectivity index (χ2v) is 4.59. The van der Waals surface area contributed by atoms with Gasteiger partial charge < -0.3 is 14.7 Å². The van der Waals surface area contributed by atoms with Crippen molar-refractivity contribution in [1.29, 1.82) is 0 Å². The zero-order chi connectivity index (χ0) is 10.6. The maximum atomic E-state index is 10.2. The van der Waals surface area contributed by atoms with Crippen LogP contribution in [0.4, 0.5) is 0 Å². The number of ether oxygens (including phenoxy) is 1. The molecule has 1 fully saturated rings. The largest absolute Gasteiger partial charge is 0.390 e. The summed E-state index contributed by atoms with van der Waals surface area (Å²) in [5, 5.41) is 10.2. The molecule has 1 saturated heterocycles. The molecule has 1 aliphatic heterocycles. The Morgan fingerprint density at radius 3 is 2.36 bits per heavy atom. The van der Waals surface area contributed by atoms with Crippen molar-refractivity contribution in [2.24, 2.45) is 5.92 Å². The van der Waals surface area contributed by atoms with Gasteiger partial charge in [0.1, 0.15) is 0 Å². The van der Waals surface area contributed by atoms with E-state index in [9.17, 15) is 5.11 Å². The van der Waals surface area contributed by atoms with Crippen LogP contribution in [0.3, 0.4) is 0 Å². The molecule has 3 heteroatoms. The summed E-state index contributed by atoms with van der Waals surface area (Å²) in [7, 11) is 1.73. The molecule has 0 atom stereocenters. The molecule has 0 radical (unpaired) electrons. The van der Waals surface area contributed by atoms with E-state index < -0.39 is 5.60 Å². The van der Waals surface area contributed by atoms with Crippen LogP contribution in [0.5, 0.6) is 0 Å². The number of rotatable bonds is 4. The summed E-state index contributed by atoms with van der Waals surface area (Å²) < 4.78 is 5.04. The van der Waals surface area contributed by atoms with Crippen molar-refractivity contribution in [3.8, 4) is 0 Å². The molecule has 0 aromatic heterocycles. The van der Waals surface area contributed by atoms with Gasteiger partial charge in [-0.15, -0.1) is 0 Å². The van der Waals surface area contributed by atoms with Crippen molar-refractivity contribution in [2.45, 2.75) is 32.3 Å². The highest BCUT2D eigenvalue weighted by Gasteiger charge is 2.34. The number of piperidine rings is 1. The van der Waals surface area contributed by atoms with Crippen molar-refractivity contribution in [2.75, 3.05) is 33.4 Å². The molecule has 84 valence electrons. The molecule has 1 aliphatic rings. The van der Waals surface area contributed by atoms with Gasteiger partial charge in [-0.3, -0.25) is 0 Å². The third-order valence-corrected chi connectivity index (χ3v) is 3.41. The SMILES string of the molecule is COCCN1CCC(O)(C(C)C)CC1. The highest BCUT2D eigenvalue weighted by molar-refractivity contribution is 4.88. The number of aliphatic hydroxyl groups is 1. The van der Waals surface area contributed by atoms with Gasteiger partial charge in [0.2, 0.25) is 0 Å². The van der Waals surface area contributed by atoms with Gasteiger partial charge in [-0.25, -0.2) is 0 Å². The zero-order valence-corrected chi connectivity index (χ0v) is 9.62.